The molecule has 1 atom stereocenters. The Bertz CT molecular complexity index is 3840. The van der Waals surface area contributed by atoms with E-state index in [1.165, 1.54) is 143 Å². The van der Waals surface area contributed by atoms with Gasteiger partial charge in [0.15, 0.2) is 0 Å². The number of benzene rings is 10. The fourth-order valence-corrected chi connectivity index (χ4v) is 14.8. The van der Waals surface area contributed by atoms with Crippen molar-refractivity contribution < 1.29 is 0 Å². The molecule has 0 saturated heterocycles. The summed E-state index contributed by atoms with van der Waals surface area (Å²) in [5.74, 6) is 0. The van der Waals surface area contributed by atoms with E-state index in [2.05, 4.69) is 213 Å². The Kier molecular flexibility index (Phi) is 7.21. The quantitative estimate of drug-likeness (QED) is 0.163. The highest BCUT2D eigenvalue weighted by Gasteiger charge is 2.47. The molecule has 1 heteroatoms. The third kappa shape index (κ3) is 4.72. The van der Waals surface area contributed by atoms with Gasteiger partial charge in [0.05, 0.1) is 5.41 Å². The topological polar surface area (TPSA) is 0 Å². The Labute approximate surface area is 380 Å². The predicted molar refractivity (Wildman–Crippen MR) is 274 cm³/mol. The highest BCUT2D eigenvalue weighted by atomic mass is 31.1. The fraction of sp³-hybridized carbons (Fsp3) is 0.0625. The second-order valence-electron chi connectivity index (χ2n) is 18.7. The Morgan fingerprint density at radius 2 is 0.754 bits per heavy atom. The molecule has 0 spiro atoms. The molecule has 1 unspecified atom stereocenters. The van der Waals surface area contributed by atoms with Gasteiger partial charge in [0.25, 0.3) is 0 Å². The van der Waals surface area contributed by atoms with Gasteiger partial charge in [-0.05, 0) is 201 Å². The molecule has 0 saturated carbocycles. The second kappa shape index (κ2) is 13.0. The molecule has 302 valence electrons. The summed E-state index contributed by atoms with van der Waals surface area (Å²) in [5.41, 5.74) is 29.1. The third-order valence-electron chi connectivity index (χ3n) is 15.7. The molecule has 65 heavy (non-hydrogen) atoms. The molecule has 10 aromatic carbocycles. The zero-order chi connectivity index (χ0) is 42.5. The lowest BCUT2D eigenvalue weighted by Crippen LogP contribution is -2.28. The van der Waals surface area contributed by atoms with Gasteiger partial charge < -0.3 is 0 Å². The van der Waals surface area contributed by atoms with Crippen molar-refractivity contribution in [3.63, 3.8) is 0 Å². The van der Waals surface area contributed by atoms with Crippen LogP contribution >= 0.6 is 7.53 Å². The van der Waals surface area contributed by atoms with Crippen molar-refractivity contribution in [2.45, 2.75) is 18.3 Å². The lowest BCUT2D eigenvalue weighted by Gasteiger charge is -2.34. The van der Waals surface area contributed by atoms with Gasteiger partial charge in [0.2, 0.25) is 0 Å². The molecule has 1 heterocycles. The molecule has 0 amide bonds. The first-order valence-electron chi connectivity index (χ1n) is 23.1. The maximum atomic E-state index is 2.64. The molecular weight excluding hydrogens is 800 g/mol. The van der Waals surface area contributed by atoms with Crippen molar-refractivity contribution >= 4 is 28.5 Å². The first-order valence-corrected chi connectivity index (χ1v) is 24.8. The number of rotatable bonds is 2. The minimum Gasteiger partial charge on any atom is -0.112 e. The maximum Gasteiger partial charge on any atom is 0.0713 e. The van der Waals surface area contributed by atoms with Gasteiger partial charge >= 0.3 is 0 Å². The van der Waals surface area contributed by atoms with Crippen LogP contribution in [0.1, 0.15) is 44.5 Å². The molecule has 0 bridgehead atoms. The van der Waals surface area contributed by atoms with Crippen LogP contribution in [0.25, 0.3) is 98.9 Å². The summed E-state index contributed by atoms with van der Waals surface area (Å²) in [6.07, 6.45) is 1.89. The van der Waals surface area contributed by atoms with Crippen molar-refractivity contribution in [3.05, 3.63) is 251 Å². The summed E-state index contributed by atoms with van der Waals surface area (Å²) >= 11 is 0. The molecule has 4 aliphatic rings. The Hall–Kier alpha value is -7.50. The average Bonchev–Trinajstić information content (AvgIpc) is 4.08. The summed E-state index contributed by atoms with van der Waals surface area (Å²) < 4.78 is 0. The Morgan fingerprint density at radius 1 is 0.292 bits per heavy atom. The van der Waals surface area contributed by atoms with E-state index in [9.17, 15) is 0 Å². The average molecular weight is 841 g/mol. The van der Waals surface area contributed by atoms with E-state index in [0.717, 1.165) is 12.8 Å². The standard InChI is InChI=1S/C64H41P/c1-65-62-27-15-13-25-47(62)59-35-55-54-34-58-46-24-12-14-26-60(46)64(42-18-4-2-5-19-42,43-20-6-3-7-21-43)61(58)36-56(54)50-30-40-28-38-16-8-10-22-44(38)48(40)32-52(50)53-33-49-41(29-39-17-9-11-23-45(39)49)31-51(53)57(55)37-63(59)65/h2-27,30-37H,28-29H2,1H3. The molecule has 4 aliphatic carbocycles. The van der Waals surface area contributed by atoms with E-state index >= 15 is 0 Å². The summed E-state index contributed by atoms with van der Waals surface area (Å²) in [6, 6.07) is 80.0. The number of fused-ring (bicyclic) bond motifs is 20. The minimum atomic E-state index is -0.516. The molecule has 15 rings (SSSR count). The minimum absolute atomic E-state index is 0.515. The van der Waals surface area contributed by atoms with Crippen LogP contribution in [0.15, 0.2) is 206 Å². The van der Waals surface area contributed by atoms with Crippen molar-refractivity contribution in [2.24, 2.45) is 6.66 Å². The van der Waals surface area contributed by atoms with Gasteiger partial charge in [-0.25, -0.2) is 0 Å². The fourth-order valence-electron chi connectivity index (χ4n) is 12.8. The van der Waals surface area contributed by atoms with E-state index in [1.54, 1.807) is 0 Å². The van der Waals surface area contributed by atoms with Crippen LogP contribution in [0.5, 0.6) is 0 Å². The van der Waals surface area contributed by atoms with Gasteiger partial charge in [-0.15, -0.1) is 7.53 Å². The van der Waals surface area contributed by atoms with Crippen LogP contribution in [0.3, 0.4) is 0 Å². The monoisotopic (exact) mass is 840 g/mol. The van der Waals surface area contributed by atoms with Crippen molar-refractivity contribution in [1.29, 1.82) is 0 Å². The maximum absolute atomic E-state index is 2.64. The van der Waals surface area contributed by atoms with Crippen LogP contribution in [-0.2, 0) is 24.9 Å². The molecule has 0 radical (unpaired) electrons. The lowest BCUT2D eigenvalue weighted by molar-refractivity contribution is 0.769. The highest BCUT2D eigenvalue weighted by molar-refractivity contribution is 7.59. The van der Waals surface area contributed by atoms with Crippen LogP contribution in [0.4, 0.5) is 0 Å². The molecule has 1 aromatic heterocycles. The molecule has 0 N–H and O–H groups in total. The van der Waals surface area contributed by atoms with Crippen LogP contribution in [-0.4, -0.2) is 0 Å². The van der Waals surface area contributed by atoms with Crippen LogP contribution < -0.4 is 0 Å². The third-order valence-corrected chi connectivity index (χ3v) is 17.9. The van der Waals surface area contributed by atoms with Gasteiger partial charge in [0, 0.05) is 10.2 Å². The number of aryl methyl sites for hydroxylation is 1. The second-order valence-corrected chi connectivity index (χ2v) is 20.8. The SMILES string of the molecule is Cp1c2ccccc2c2cc3c(cc21)-c1cc2c(cc1-c1cc4c(cc1-c1cc5c(cc1-3)-c1ccccc1C5(c1ccccc1)c1ccccc1)Cc1ccccc1-4)-c1ccccc1C2. The van der Waals surface area contributed by atoms with Gasteiger partial charge in [-0.1, -0.05) is 158 Å². The van der Waals surface area contributed by atoms with Gasteiger partial charge in [0.1, 0.15) is 0 Å². The van der Waals surface area contributed by atoms with Crippen LogP contribution in [0, 0.1) is 0 Å². The van der Waals surface area contributed by atoms with Gasteiger partial charge in [-0.3, -0.25) is 0 Å². The number of hydrogen-bond donors (Lipinski definition) is 0. The van der Waals surface area contributed by atoms with E-state index in [0.29, 0.717) is 0 Å². The first kappa shape index (κ1) is 35.9. The Balaban J connectivity index is 1.14. The van der Waals surface area contributed by atoms with Crippen molar-refractivity contribution in [2.75, 3.05) is 0 Å². The normalized spacial score (nSPS) is 14.2. The summed E-state index contributed by atoms with van der Waals surface area (Å²) in [5, 5.41) is 5.75. The van der Waals surface area contributed by atoms with E-state index in [4.69, 9.17) is 0 Å². The summed E-state index contributed by atoms with van der Waals surface area (Å²) in [6.45, 7) is 2.47. The van der Waals surface area contributed by atoms with Gasteiger partial charge in [-0.2, -0.15) is 0 Å². The summed E-state index contributed by atoms with van der Waals surface area (Å²) in [4.78, 5) is 0. The zero-order valence-electron chi connectivity index (χ0n) is 36.0. The lowest BCUT2D eigenvalue weighted by atomic mass is 9.67. The molecule has 0 fully saturated rings. The van der Waals surface area contributed by atoms with Crippen LogP contribution in [0.2, 0.25) is 0 Å². The smallest absolute Gasteiger partial charge is 0.0713 e. The van der Waals surface area contributed by atoms with Crippen molar-refractivity contribution in [3.8, 4) is 77.9 Å². The molecule has 0 aliphatic heterocycles. The summed E-state index contributed by atoms with van der Waals surface area (Å²) in [7, 11) is -0.516. The zero-order valence-corrected chi connectivity index (χ0v) is 36.9. The molecule has 0 nitrogen and oxygen atoms in total. The molecular formula is C64H41P. The molecule has 11 aromatic rings. The van der Waals surface area contributed by atoms with E-state index in [-0.39, 0.29) is 0 Å². The van der Waals surface area contributed by atoms with Crippen molar-refractivity contribution in [1.82, 2.24) is 0 Å². The number of hydrogen-bond acceptors (Lipinski definition) is 0. The highest BCUT2D eigenvalue weighted by Crippen LogP contribution is 2.61. The van der Waals surface area contributed by atoms with E-state index < -0.39 is 12.9 Å². The van der Waals surface area contributed by atoms with E-state index in [1.807, 2.05) is 0 Å². The largest absolute Gasteiger partial charge is 0.112 e. The Morgan fingerprint density at radius 3 is 1.38 bits per heavy atom. The predicted octanol–water partition coefficient (Wildman–Crippen LogP) is 17.0. The first-order chi connectivity index (χ1) is 32.1.